The number of rotatable bonds is 9. The van der Waals surface area contributed by atoms with Crippen LogP contribution in [-0.4, -0.2) is 38.0 Å². The highest BCUT2D eigenvalue weighted by atomic mass is 79.9. The number of benzene rings is 1. The van der Waals surface area contributed by atoms with Gasteiger partial charge in [-0.1, -0.05) is 13.8 Å². The second kappa shape index (κ2) is 8.89. The quantitative estimate of drug-likeness (QED) is 0.681. The molecule has 118 valence electrons. The zero-order chi connectivity index (χ0) is 15.8. The molecule has 0 spiro atoms. The Bertz CT molecular complexity index is 473. The van der Waals surface area contributed by atoms with Crippen LogP contribution in [0.5, 0.6) is 11.5 Å². The first-order valence-electron chi connectivity index (χ1n) is 6.77. The summed E-state index contributed by atoms with van der Waals surface area (Å²) in [6.07, 6.45) is 1.01. The van der Waals surface area contributed by atoms with Crippen molar-refractivity contribution in [2.75, 3.05) is 26.9 Å². The molecule has 0 heterocycles. The number of carbonyl (C=O) groups is 1. The number of methoxy groups -OCH3 is 1. The van der Waals surface area contributed by atoms with Crippen LogP contribution in [-0.2, 0) is 4.74 Å². The third-order valence-electron chi connectivity index (χ3n) is 2.79. The van der Waals surface area contributed by atoms with E-state index in [9.17, 15) is 4.79 Å². The van der Waals surface area contributed by atoms with E-state index in [1.807, 2.05) is 0 Å². The van der Waals surface area contributed by atoms with Gasteiger partial charge in [-0.2, -0.15) is 0 Å². The lowest BCUT2D eigenvalue weighted by Gasteiger charge is -2.13. The molecule has 0 amide bonds. The minimum absolute atomic E-state index is 0.138. The standard InChI is InChI=1S/C15H21BrO5/c1-10(2)4-5-20-6-7-21-14-12(16)8-11(15(17)18)9-13(14)19-3/h8-10H,4-7H2,1-3H3,(H,17,18). The molecule has 1 aromatic rings. The molecule has 5 nitrogen and oxygen atoms in total. The molecule has 1 N–H and O–H groups in total. The molecule has 0 bridgehead atoms. The van der Waals surface area contributed by atoms with Crippen LogP contribution in [0.2, 0.25) is 0 Å². The van der Waals surface area contributed by atoms with Gasteiger partial charge in [0, 0.05) is 6.61 Å². The van der Waals surface area contributed by atoms with Crippen LogP contribution in [0.3, 0.4) is 0 Å². The second-order valence-corrected chi connectivity index (χ2v) is 5.79. The van der Waals surface area contributed by atoms with Crippen LogP contribution in [0.25, 0.3) is 0 Å². The molecule has 0 radical (unpaired) electrons. The highest BCUT2D eigenvalue weighted by Crippen LogP contribution is 2.36. The fourth-order valence-electron chi connectivity index (χ4n) is 1.61. The van der Waals surface area contributed by atoms with Crippen molar-refractivity contribution in [3.05, 3.63) is 22.2 Å². The molecule has 1 aromatic carbocycles. The fraction of sp³-hybridized carbons (Fsp3) is 0.533. The molecular formula is C15H21BrO5. The van der Waals surface area contributed by atoms with Crippen molar-refractivity contribution in [3.8, 4) is 11.5 Å². The number of halogens is 1. The Morgan fingerprint density at radius 1 is 1.29 bits per heavy atom. The van der Waals surface area contributed by atoms with Gasteiger partial charge in [-0.3, -0.25) is 0 Å². The van der Waals surface area contributed by atoms with Crippen molar-refractivity contribution < 1.29 is 24.1 Å². The maximum Gasteiger partial charge on any atom is 0.335 e. The Hall–Kier alpha value is -1.27. The summed E-state index contributed by atoms with van der Waals surface area (Å²) in [5, 5.41) is 9.00. The minimum Gasteiger partial charge on any atom is -0.493 e. The Kier molecular flexibility index (Phi) is 7.53. The summed E-state index contributed by atoms with van der Waals surface area (Å²) >= 11 is 3.30. The zero-order valence-electron chi connectivity index (χ0n) is 12.5. The number of carboxylic acid groups (broad SMARTS) is 1. The summed E-state index contributed by atoms with van der Waals surface area (Å²) in [5.74, 6) is 0.459. The van der Waals surface area contributed by atoms with Crippen LogP contribution >= 0.6 is 15.9 Å². The van der Waals surface area contributed by atoms with Gasteiger partial charge in [0.05, 0.1) is 23.8 Å². The molecule has 0 fully saturated rings. The molecule has 0 saturated heterocycles. The van der Waals surface area contributed by atoms with Crippen LogP contribution < -0.4 is 9.47 Å². The highest BCUT2D eigenvalue weighted by Gasteiger charge is 2.14. The Labute approximate surface area is 133 Å². The highest BCUT2D eigenvalue weighted by molar-refractivity contribution is 9.10. The maximum atomic E-state index is 11.0. The van der Waals surface area contributed by atoms with E-state index in [1.54, 1.807) is 0 Å². The molecule has 0 saturated carbocycles. The van der Waals surface area contributed by atoms with E-state index < -0.39 is 5.97 Å². The summed E-state index contributed by atoms with van der Waals surface area (Å²) in [7, 11) is 1.47. The van der Waals surface area contributed by atoms with Crippen LogP contribution in [0, 0.1) is 5.92 Å². The molecule has 0 unspecified atom stereocenters. The van der Waals surface area contributed by atoms with E-state index >= 15 is 0 Å². The third kappa shape index (κ3) is 5.93. The van der Waals surface area contributed by atoms with Gasteiger partial charge >= 0.3 is 5.97 Å². The summed E-state index contributed by atoms with van der Waals surface area (Å²) in [6, 6.07) is 2.92. The van der Waals surface area contributed by atoms with E-state index in [0.717, 1.165) is 6.42 Å². The van der Waals surface area contributed by atoms with E-state index in [4.69, 9.17) is 19.3 Å². The molecule has 0 atom stereocenters. The molecule has 0 aliphatic heterocycles. The predicted molar refractivity (Wildman–Crippen MR) is 83.4 cm³/mol. The number of aromatic carboxylic acids is 1. The second-order valence-electron chi connectivity index (χ2n) is 4.94. The molecule has 0 aliphatic carbocycles. The Morgan fingerprint density at radius 3 is 2.57 bits per heavy atom. The van der Waals surface area contributed by atoms with Gasteiger partial charge in [0.15, 0.2) is 11.5 Å². The number of hydrogen-bond donors (Lipinski definition) is 1. The third-order valence-corrected chi connectivity index (χ3v) is 3.38. The van der Waals surface area contributed by atoms with Crippen molar-refractivity contribution in [1.29, 1.82) is 0 Å². The van der Waals surface area contributed by atoms with Gasteiger partial charge in [0.25, 0.3) is 0 Å². The zero-order valence-corrected chi connectivity index (χ0v) is 14.1. The van der Waals surface area contributed by atoms with Gasteiger partial charge in [-0.05, 0) is 40.4 Å². The Balaban J connectivity index is 2.56. The molecule has 0 aliphatic rings. The van der Waals surface area contributed by atoms with E-state index in [1.165, 1.54) is 19.2 Å². The molecular weight excluding hydrogens is 340 g/mol. The monoisotopic (exact) mass is 360 g/mol. The summed E-state index contributed by atoms with van der Waals surface area (Å²) in [5.41, 5.74) is 0.138. The van der Waals surface area contributed by atoms with Gasteiger partial charge in [-0.15, -0.1) is 0 Å². The van der Waals surface area contributed by atoms with Crippen LogP contribution in [0.1, 0.15) is 30.6 Å². The van der Waals surface area contributed by atoms with E-state index in [0.29, 0.717) is 41.7 Å². The summed E-state index contributed by atoms with van der Waals surface area (Å²) < 4.78 is 16.8. The van der Waals surface area contributed by atoms with Crippen LogP contribution in [0.15, 0.2) is 16.6 Å². The average molecular weight is 361 g/mol. The first-order chi connectivity index (χ1) is 9.95. The van der Waals surface area contributed by atoms with E-state index in [2.05, 4.69) is 29.8 Å². The SMILES string of the molecule is COc1cc(C(=O)O)cc(Br)c1OCCOCCC(C)C. The smallest absolute Gasteiger partial charge is 0.335 e. The normalized spacial score (nSPS) is 10.7. The molecule has 6 heteroatoms. The van der Waals surface area contributed by atoms with Crippen molar-refractivity contribution >= 4 is 21.9 Å². The Morgan fingerprint density at radius 2 is 2.00 bits per heavy atom. The molecule has 21 heavy (non-hydrogen) atoms. The van der Waals surface area contributed by atoms with Crippen LogP contribution in [0.4, 0.5) is 0 Å². The lowest BCUT2D eigenvalue weighted by atomic mass is 10.1. The van der Waals surface area contributed by atoms with Crippen molar-refractivity contribution in [2.24, 2.45) is 5.92 Å². The molecule has 1 rings (SSSR count). The number of ether oxygens (including phenoxy) is 3. The van der Waals surface area contributed by atoms with E-state index in [-0.39, 0.29) is 5.56 Å². The summed E-state index contributed by atoms with van der Waals surface area (Å²) in [4.78, 5) is 11.0. The van der Waals surface area contributed by atoms with Crippen molar-refractivity contribution in [2.45, 2.75) is 20.3 Å². The first kappa shape index (κ1) is 17.8. The minimum atomic E-state index is -1.02. The average Bonchev–Trinajstić information content (AvgIpc) is 2.42. The van der Waals surface area contributed by atoms with Gasteiger partial charge in [0.2, 0.25) is 0 Å². The van der Waals surface area contributed by atoms with Gasteiger partial charge in [0.1, 0.15) is 6.61 Å². The summed E-state index contributed by atoms with van der Waals surface area (Å²) in [6.45, 7) is 5.84. The largest absolute Gasteiger partial charge is 0.493 e. The maximum absolute atomic E-state index is 11.0. The number of hydrogen-bond acceptors (Lipinski definition) is 4. The predicted octanol–water partition coefficient (Wildman–Crippen LogP) is 3.60. The van der Waals surface area contributed by atoms with Gasteiger partial charge in [-0.25, -0.2) is 4.79 Å². The van der Waals surface area contributed by atoms with Gasteiger partial charge < -0.3 is 19.3 Å². The van der Waals surface area contributed by atoms with Crippen molar-refractivity contribution in [1.82, 2.24) is 0 Å². The topological polar surface area (TPSA) is 65.0 Å². The lowest BCUT2D eigenvalue weighted by Crippen LogP contribution is -2.10. The number of carboxylic acids is 1. The lowest BCUT2D eigenvalue weighted by molar-refractivity contribution is 0.0696. The first-order valence-corrected chi connectivity index (χ1v) is 7.56. The van der Waals surface area contributed by atoms with Crippen molar-refractivity contribution in [3.63, 3.8) is 0 Å². The molecule has 0 aromatic heterocycles. The fourth-order valence-corrected chi connectivity index (χ4v) is 2.16.